The first-order valence-corrected chi connectivity index (χ1v) is 10.2. The van der Waals surface area contributed by atoms with Crippen LogP contribution in [0.1, 0.15) is 19.3 Å². The molecule has 2 amide bonds. The molecule has 0 radical (unpaired) electrons. The van der Waals surface area contributed by atoms with E-state index in [9.17, 15) is 22.4 Å². The Balaban J connectivity index is 1.64. The molecule has 2 aliphatic rings. The van der Waals surface area contributed by atoms with Crippen molar-refractivity contribution in [2.45, 2.75) is 24.5 Å². The lowest BCUT2D eigenvalue weighted by atomic mass is 10.0. The molecule has 1 aromatic carbocycles. The molecule has 1 atom stereocenters. The summed E-state index contributed by atoms with van der Waals surface area (Å²) >= 11 is 0. The van der Waals surface area contributed by atoms with Gasteiger partial charge in [0.25, 0.3) is 0 Å². The quantitative estimate of drug-likeness (QED) is 0.804. The Labute approximate surface area is 146 Å². The summed E-state index contributed by atoms with van der Waals surface area (Å²) in [6.07, 6.45) is 2.18. The molecule has 136 valence electrons. The van der Waals surface area contributed by atoms with E-state index in [1.54, 1.807) is 11.0 Å². The third kappa shape index (κ3) is 3.84. The van der Waals surface area contributed by atoms with E-state index in [0.717, 1.165) is 0 Å². The Kier molecular flexibility index (Phi) is 4.81. The van der Waals surface area contributed by atoms with E-state index in [4.69, 9.17) is 0 Å². The highest BCUT2D eigenvalue weighted by atomic mass is 32.2. The fraction of sp³-hybridized carbons (Fsp3) is 0.529. The molecule has 0 spiro atoms. The van der Waals surface area contributed by atoms with Crippen molar-refractivity contribution >= 4 is 27.3 Å². The van der Waals surface area contributed by atoms with Gasteiger partial charge in [-0.05, 0) is 31.0 Å². The average Bonchev–Trinajstić information content (AvgIpc) is 2.95. The van der Waals surface area contributed by atoms with Gasteiger partial charge in [-0.1, -0.05) is 6.07 Å². The molecule has 3 rings (SSSR count). The molecule has 2 saturated heterocycles. The summed E-state index contributed by atoms with van der Waals surface area (Å²) in [5.74, 6) is -1.22. The molecular weight excluding hydrogens is 347 g/mol. The average molecular weight is 368 g/mol. The predicted molar refractivity (Wildman–Crippen MR) is 91.3 cm³/mol. The van der Waals surface area contributed by atoms with Crippen molar-refractivity contribution in [3.8, 4) is 0 Å². The number of carbonyl (C=O) groups excluding carboxylic acids is 2. The predicted octanol–water partition coefficient (Wildman–Crippen LogP) is 1.21. The number of likely N-dealkylation sites (tertiary alicyclic amines) is 1. The van der Waals surface area contributed by atoms with Gasteiger partial charge in [0, 0.05) is 38.0 Å². The van der Waals surface area contributed by atoms with Crippen molar-refractivity contribution in [3.05, 3.63) is 30.1 Å². The molecule has 8 heteroatoms. The van der Waals surface area contributed by atoms with Gasteiger partial charge in [-0.25, -0.2) is 12.8 Å². The van der Waals surface area contributed by atoms with Gasteiger partial charge >= 0.3 is 0 Å². The number of piperidine rings is 1. The summed E-state index contributed by atoms with van der Waals surface area (Å²) in [5.41, 5.74) is 0.455. The van der Waals surface area contributed by atoms with E-state index in [0.29, 0.717) is 31.6 Å². The van der Waals surface area contributed by atoms with E-state index >= 15 is 0 Å². The molecule has 25 heavy (non-hydrogen) atoms. The smallest absolute Gasteiger partial charge is 0.228 e. The zero-order valence-corrected chi connectivity index (χ0v) is 14.8. The molecular formula is C17H21FN2O4S. The van der Waals surface area contributed by atoms with Crippen molar-refractivity contribution < 1.29 is 22.4 Å². The second-order valence-electron chi connectivity index (χ2n) is 6.74. The summed E-state index contributed by atoms with van der Waals surface area (Å²) in [7, 11) is -3.09. The molecule has 0 aromatic heterocycles. The fourth-order valence-corrected chi connectivity index (χ4v) is 4.60. The number of carbonyl (C=O) groups is 2. The Morgan fingerprint density at radius 1 is 1.24 bits per heavy atom. The van der Waals surface area contributed by atoms with Gasteiger partial charge in [0.15, 0.2) is 0 Å². The van der Waals surface area contributed by atoms with Gasteiger partial charge in [0.2, 0.25) is 11.8 Å². The maximum Gasteiger partial charge on any atom is 0.228 e. The first-order chi connectivity index (χ1) is 11.8. The van der Waals surface area contributed by atoms with E-state index in [-0.39, 0.29) is 24.8 Å². The third-order valence-corrected chi connectivity index (χ3v) is 6.64. The van der Waals surface area contributed by atoms with Crippen molar-refractivity contribution in [2.24, 2.45) is 5.92 Å². The summed E-state index contributed by atoms with van der Waals surface area (Å²) in [6, 6.07) is 5.76. The molecule has 2 fully saturated rings. The monoisotopic (exact) mass is 368 g/mol. The van der Waals surface area contributed by atoms with E-state index in [1.165, 1.54) is 29.4 Å². The van der Waals surface area contributed by atoms with Gasteiger partial charge in [0.1, 0.15) is 15.7 Å². The first kappa shape index (κ1) is 17.8. The minimum absolute atomic E-state index is 0.0986. The largest absolute Gasteiger partial charge is 0.342 e. The van der Waals surface area contributed by atoms with E-state index in [1.807, 2.05) is 0 Å². The highest BCUT2D eigenvalue weighted by molar-refractivity contribution is 7.91. The van der Waals surface area contributed by atoms with Crippen molar-refractivity contribution in [2.75, 3.05) is 30.8 Å². The number of halogens is 1. The maximum absolute atomic E-state index is 13.4. The van der Waals surface area contributed by atoms with Gasteiger partial charge < -0.3 is 9.80 Å². The summed E-state index contributed by atoms with van der Waals surface area (Å²) < 4.78 is 36.6. The standard InChI is InChI=1S/C17H21FN2O4S/c1-25(23,24)15-5-7-19(8-6-15)17(22)12-9-16(21)20(11-12)14-4-2-3-13(18)10-14/h2-4,10,12,15H,5-9,11H2,1H3. The molecule has 0 saturated carbocycles. The van der Waals surface area contributed by atoms with Crippen LogP contribution in [0.25, 0.3) is 0 Å². The number of hydrogen-bond acceptors (Lipinski definition) is 4. The van der Waals surface area contributed by atoms with Crippen molar-refractivity contribution in [3.63, 3.8) is 0 Å². The number of benzene rings is 1. The van der Waals surface area contributed by atoms with Crippen LogP contribution in [0.2, 0.25) is 0 Å². The van der Waals surface area contributed by atoms with Crippen molar-refractivity contribution in [1.29, 1.82) is 0 Å². The SMILES string of the molecule is CS(=O)(=O)C1CCN(C(=O)C2CC(=O)N(c3cccc(F)c3)C2)CC1. The fourth-order valence-electron chi connectivity index (χ4n) is 3.53. The summed E-state index contributed by atoms with van der Waals surface area (Å²) in [4.78, 5) is 28.0. The van der Waals surface area contributed by atoms with E-state index in [2.05, 4.69) is 0 Å². The maximum atomic E-state index is 13.4. The molecule has 1 unspecified atom stereocenters. The third-order valence-electron chi connectivity index (χ3n) is 4.95. The first-order valence-electron chi connectivity index (χ1n) is 8.29. The highest BCUT2D eigenvalue weighted by Crippen LogP contribution is 2.28. The number of anilines is 1. The van der Waals surface area contributed by atoms with Crippen LogP contribution in [0, 0.1) is 11.7 Å². The summed E-state index contributed by atoms with van der Waals surface area (Å²) in [5, 5.41) is -0.398. The lowest BCUT2D eigenvalue weighted by Gasteiger charge is -2.32. The Morgan fingerprint density at radius 2 is 1.92 bits per heavy atom. The van der Waals surface area contributed by atoms with Gasteiger partial charge in [-0.3, -0.25) is 9.59 Å². The molecule has 6 nitrogen and oxygen atoms in total. The van der Waals surface area contributed by atoms with Crippen LogP contribution in [-0.2, 0) is 19.4 Å². The van der Waals surface area contributed by atoms with Crippen LogP contribution in [0.3, 0.4) is 0 Å². The molecule has 2 heterocycles. The number of hydrogen-bond donors (Lipinski definition) is 0. The zero-order valence-electron chi connectivity index (χ0n) is 14.0. The Morgan fingerprint density at radius 3 is 2.52 bits per heavy atom. The second-order valence-corrected chi connectivity index (χ2v) is 9.07. The van der Waals surface area contributed by atoms with Crippen LogP contribution < -0.4 is 4.90 Å². The number of amides is 2. The molecule has 0 bridgehead atoms. The van der Waals surface area contributed by atoms with Crippen LogP contribution >= 0.6 is 0 Å². The minimum atomic E-state index is -3.09. The molecule has 1 aromatic rings. The Bertz CT molecular complexity index is 788. The molecule has 2 aliphatic heterocycles. The number of rotatable bonds is 3. The van der Waals surface area contributed by atoms with Crippen LogP contribution in [0.15, 0.2) is 24.3 Å². The van der Waals surface area contributed by atoms with Crippen molar-refractivity contribution in [1.82, 2.24) is 4.90 Å². The Hall–Kier alpha value is -1.96. The van der Waals surface area contributed by atoms with E-state index < -0.39 is 26.8 Å². The van der Waals surface area contributed by atoms with Crippen LogP contribution in [0.4, 0.5) is 10.1 Å². The second kappa shape index (κ2) is 6.74. The minimum Gasteiger partial charge on any atom is -0.342 e. The number of sulfone groups is 1. The number of nitrogens with zero attached hydrogens (tertiary/aromatic N) is 2. The van der Waals surface area contributed by atoms with Crippen LogP contribution in [-0.4, -0.2) is 56.3 Å². The van der Waals surface area contributed by atoms with Gasteiger partial charge in [-0.15, -0.1) is 0 Å². The zero-order chi connectivity index (χ0) is 18.2. The summed E-state index contributed by atoms with van der Waals surface area (Å²) in [6.45, 7) is 1.01. The van der Waals surface area contributed by atoms with Gasteiger partial charge in [0.05, 0.1) is 11.2 Å². The molecule has 0 aliphatic carbocycles. The normalized spacial score (nSPS) is 22.5. The lowest BCUT2D eigenvalue weighted by Crippen LogP contribution is -2.45. The molecule has 0 N–H and O–H groups in total. The highest BCUT2D eigenvalue weighted by Gasteiger charge is 2.39. The van der Waals surface area contributed by atoms with Gasteiger partial charge in [-0.2, -0.15) is 0 Å². The topological polar surface area (TPSA) is 74.8 Å². The lowest BCUT2D eigenvalue weighted by molar-refractivity contribution is -0.136. The van der Waals surface area contributed by atoms with Crippen LogP contribution in [0.5, 0.6) is 0 Å².